The maximum absolute atomic E-state index is 12.1. The van der Waals surface area contributed by atoms with Crippen molar-refractivity contribution in [2.24, 2.45) is 11.7 Å². The Morgan fingerprint density at radius 3 is 2.70 bits per heavy atom. The molecule has 112 valence electrons. The van der Waals surface area contributed by atoms with E-state index in [-0.39, 0.29) is 11.8 Å². The number of piperazine rings is 1. The number of aryl methyl sites for hydroxylation is 1. The summed E-state index contributed by atoms with van der Waals surface area (Å²) in [5.41, 5.74) is 6.47. The molecule has 1 fully saturated rings. The average molecular weight is 280 g/mol. The SMILES string of the molecule is Cc1cc(CN2CCN(C(=O)CC(C)CN)CC2)on1. The number of hydrogen-bond donors (Lipinski definition) is 1. The highest BCUT2D eigenvalue weighted by Gasteiger charge is 2.22. The molecule has 1 saturated heterocycles. The van der Waals surface area contributed by atoms with Gasteiger partial charge in [0.15, 0.2) is 5.76 Å². The maximum atomic E-state index is 12.1. The summed E-state index contributed by atoms with van der Waals surface area (Å²) in [6.45, 7) is 8.58. The number of nitrogens with two attached hydrogens (primary N) is 1. The van der Waals surface area contributed by atoms with E-state index in [1.807, 2.05) is 24.8 Å². The molecule has 1 aliphatic heterocycles. The second-order valence-corrected chi connectivity index (χ2v) is 5.64. The van der Waals surface area contributed by atoms with E-state index in [4.69, 9.17) is 10.3 Å². The predicted octanol–water partition coefficient (Wildman–Crippen LogP) is 0.612. The second kappa shape index (κ2) is 6.85. The van der Waals surface area contributed by atoms with Crippen LogP contribution in [0.15, 0.2) is 10.6 Å². The molecule has 0 bridgehead atoms. The van der Waals surface area contributed by atoms with E-state index in [1.165, 1.54) is 0 Å². The summed E-state index contributed by atoms with van der Waals surface area (Å²) in [4.78, 5) is 16.3. The third-order valence-corrected chi connectivity index (χ3v) is 3.71. The standard InChI is InChI=1S/C14H24N4O2/c1-11(9-15)7-14(19)18-5-3-17(4-6-18)10-13-8-12(2)16-20-13/h8,11H,3-7,9-10,15H2,1-2H3. The Bertz CT molecular complexity index is 438. The summed E-state index contributed by atoms with van der Waals surface area (Å²) in [6, 6.07) is 1.96. The summed E-state index contributed by atoms with van der Waals surface area (Å²) in [6.07, 6.45) is 0.553. The van der Waals surface area contributed by atoms with Crippen LogP contribution in [0.5, 0.6) is 0 Å². The summed E-state index contributed by atoms with van der Waals surface area (Å²) >= 11 is 0. The van der Waals surface area contributed by atoms with Crippen LogP contribution >= 0.6 is 0 Å². The zero-order valence-electron chi connectivity index (χ0n) is 12.3. The molecule has 2 N–H and O–H groups in total. The molecule has 0 aromatic carbocycles. The molecule has 6 heteroatoms. The first kappa shape index (κ1) is 15.0. The normalized spacial score (nSPS) is 18.2. The van der Waals surface area contributed by atoms with Crippen molar-refractivity contribution in [1.82, 2.24) is 15.0 Å². The summed E-state index contributed by atoms with van der Waals surface area (Å²) in [5.74, 6) is 1.37. The molecule has 1 atom stereocenters. The van der Waals surface area contributed by atoms with Crippen LogP contribution in [0.3, 0.4) is 0 Å². The van der Waals surface area contributed by atoms with E-state index in [0.29, 0.717) is 13.0 Å². The number of rotatable bonds is 5. The summed E-state index contributed by atoms with van der Waals surface area (Å²) in [7, 11) is 0. The van der Waals surface area contributed by atoms with Crippen molar-refractivity contribution >= 4 is 5.91 Å². The fourth-order valence-corrected chi connectivity index (χ4v) is 2.38. The largest absolute Gasteiger partial charge is 0.360 e. The summed E-state index contributed by atoms with van der Waals surface area (Å²) < 4.78 is 5.22. The zero-order valence-corrected chi connectivity index (χ0v) is 12.3. The van der Waals surface area contributed by atoms with Crippen LogP contribution in [0.25, 0.3) is 0 Å². The van der Waals surface area contributed by atoms with Crippen molar-refractivity contribution in [3.05, 3.63) is 17.5 Å². The van der Waals surface area contributed by atoms with Crippen molar-refractivity contribution in [1.29, 1.82) is 0 Å². The molecule has 2 heterocycles. The minimum Gasteiger partial charge on any atom is -0.360 e. The quantitative estimate of drug-likeness (QED) is 0.855. The fraction of sp³-hybridized carbons (Fsp3) is 0.714. The Balaban J connectivity index is 1.76. The lowest BCUT2D eigenvalue weighted by Gasteiger charge is -2.34. The molecule has 1 aromatic heterocycles. The Kier molecular flexibility index (Phi) is 5.14. The topological polar surface area (TPSA) is 75.6 Å². The highest BCUT2D eigenvalue weighted by molar-refractivity contribution is 5.76. The number of amides is 1. The van der Waals surface area contributed by atoms with Gasteiger partial charge in [-0.05, 0) is 19.4 Å². The number of nitrogens with zero attached hydrogens (tertiary/aromatic N) is 3. The van der Waals surface area contributed by atoms with E-state index in [1.54, 1.807) is 0 Å². The molecule has 2 rings (SSSR count). The van der Waals surface area contributed by atoms with Gasteiger partial charge in [-0.1, -0.05) is 12.1 Å². The Hall–Kier alpha value is -1.40. The van der Waals surface area contributed by atoms with Crippen LogP contribution in [0.2, 0.25) is 0 Å². The molecule has 0 radical (unpaired) electrons. The van der Waals surface area contributed by atoms with E-state index >= 15 is 0 Å². The third kappa shape index (κ3) is 4.05. The van der Waals surface area contributed by atoms with Crippen molar-refractivity contribution < 1.29 is 9.32 Å². The third-order valence-electron chi connectivity index (χ3n) is 3.71. The van der Waals surface area contributed by atoms with E-state index < -0.39 is 0 Å². The van der Waals surface area contributed by atoms with Crippen LogP contribution < -0.4 is 5.73 Å². The van der Waals surface area contributed by atoms with Crippen molar-refractivity contribution in [2.75, 3.05) is 32.7 Å². The number of carbonyl (C=O) groups is 1. The van der Waals surface area contributed by atoms with Gasteiger partial charge in [0.2, 0.25) is 5.91 Å². The van der Waals surface area contributed by atoms with Crippen molar-refractivity contribution in [3.8, 4) is 0 Å². The molecule has 1 aromatic rings. The van der Waals surface area contributed by atoms with Crippen LogP contribution in [0, 0.1) is 12.8 Å². The second-order valence-electron chi connectivity index (χ2n) is 5.64. The first-order valence-corrected chi connectivity index (χ1v) is 7.21. The Labute approximate surface area is 119 Å². The molecule has 0 saturated carbocycles. The molecule has 6 nitrogen and oxygen atoms in total. The van der Waals surface area contributed by atoms with Gasteiger partial charge in [0.25, 0.3) is 0 Å². The molecule has 1 amide bonds. The van der Waals surface area contributed by atoms with Crippen LogP contribution in [-0.2, 0) is 11.3 Å². The van der Waals surface area contributed by atoms with Crippen LogP contribution in [0.4, 0.5) is 0 Å². The number of carbonyl (C=O) groups excluding carboxylic acids is 1. The molecular weight excluding hydrogens is 256 g/mol. The van der Waals surface area contributed by atoms with E-state index in [9.17, 15) is 4.79 Å². The van der Waals surface area contributed by atoms with Gasteiger partial charge < -0.3 is 15.2 Å². The Morgan fingerprint density at radius 1 is 1.45 bits per heavy atom. The van der Waals surface area contributed by atoms with E-state index in [2.05, 4.69) is 10.1 Å². The zero-order chi connectivity index (χ0) is 14.5. The molecule has 1 unspecified atom stereocenters. The minimum atomic E-state index is 0.220. The highest BCUT2D eigenvalue weighted by Crippen LogP contribution is 2.11. The first-order valence-electron chi connectivity index (χ1n) is 7.21. The monoisotopic (exact) mass is 280 g/mol. The van der Waals surface area contributed by atoms with Gasteiger partial charge >= 0.3 is 0 Å². The van der Waals surface area contributed by atoms with Crippen LogP contribution in [0.1, 0.15) is 24.8 Å². The lowest BCUT2D eigenvalue weighted by Crippen LogP contribution is -2.48. The van der Waals surface area contributed by atoms with Gasteiger partial charge in [-0.3, -0.25) is 9.69 Å². The van der Waals surface area contributed by atoms with Crippen LogP contribution in [-0.4, -0.2) is 53.6 Å². The van der Waals surface area contributed by atoms with Gasteiger partial charge in [0.05, 0.1) is 12.2 Å². The first-order chi connectivity index (χ1) is 9.58. The number of aromatic nitrogens is 1. The fourth-order valence-electron chi connectivity index (χ4n) is 2.38. The number of hydrogen-bond acceptors (Lipinski definition) is 5. The van der Waals surface area contributed by atoms with E-state index in [0.717, 1.165) is 44.2 Å². The van der Waals surface area contributed by atoms with Gasteiger partial charge in [0.1, 0.15) is 0 Å². The van der Waals surface area contributed by atoms with Gasteiger partial charge in [-0.2, -0.15) is 0 Å². The molecule has 0 spiro atoms. The average Bonchev–Trinajstić information content (AvgIpc) is 2.84. The smallest absolute Gasteiger partial charge is 0.222 e. The highest BCUT2D eigenvalue weighted by atomic mass is 16.5. The molecule has 0 aliphatic carbocycles. The lowest BCUT2D eigenvalue weighted by molar-refractivity contribution is -0.133. The predicted molar refractivity (Wildman–Crippen MR) is 75.9 cm³/mol. The molecule has 20 heavy (non-hydrogen) atoms. The van der Waals surface area contributed by atoms with Crippen molar-refractivity contribution in [3.63, 3.8) is 0 Å². The lowest BCUT2D eigenvalue weighted by atomic mass is 10.1. The maximum Gasteiger partial charge on any atom is 0.222 e. The Morgan fingerprint density at radius 2 is 2.15 bits per heavy atom. The van der Waals surface area contributed by atoms with Crippen molar-refractivity contribution in [2.45, 2.75) is 26.8 Å². The van der Waals surface area contributed by atoms with Gasteiger partial charge in [-0.25, -0.2) is 0 Å². The van der Waals surface area contributed by atoms with Gasteiger partial charge in [-0.15, -0.1) is 0 Å². The van der Waals surface area contributed by atoms with Gasteiger partial charge in [0, 0.05) is 38.7 Å². The molecular formula is C14H24N4O2. The minimum absolute atomic E-state index is 0.220. The summed E-state index contributed by atoms with van der Waals surface area (Å²) in [5, 5.41) is 3.89. The molecule has 1 aliphatic rings.